The lowest BCUT2D eigenvalue weighted by Gasteiger charge is -2.08. The summed E-state index contributed by atoms with van der Waals surface area (Å²) in [5, 5.41) is 9.98. The van der Waals surface area contributed by atoms with Gasteiger partial charge >= 0.3 is 5.97 Å². The number of rotatable bonds is 4. The van der Waals surface area contributed by atoms with Crippen molar-refractivity contribution in [2.45, 2.75) is 24.6 Å². The second-order valence-corrected chi connectivity index (χ2v) is 5.31. The van der Waals surface area contributed by atoms with Gasteiger partial charge in [-0.05, 0) is 13.8 Å². The molecule has 0 spiro atoms. The third-order valence-electron chi connectivity index (χ3n) is 2.41. The van der Waals surface area contributed by atoms with E-state index in [4.69, 9.17) is 11.6 Å². The first kappa shape index (κ1) is 14.7. The van der Waals surface area contributed by atoms with Crippen molar-refractivity contribution in [1.29, 1.82) is 0 Å². The van der Waals surface area contributed by atoms with E-state index in [1.54, 1.807) is 20.0 Å². The standard InChI is InChI=1S/C12H11ClN4O2S/c1-6-10(12(18)19)11(17-7(2)16-6)20-5-8-3-15-9(13)4-14-8/h3-4H,5H2,1-2H3,(H,18,19). The van der Waals surface area contributed by atoms with Gasteiger partial charge in [0.2, 0.25) is 0 Å². The van der Waals surface area contributed by atoms with Gasteiger partial charge in [-0.25, -0.2) is 19.7 Å². The molecule has 0 aliphatic carbocycles. The maximum Gasteiger partial charge on any atom is 0.340 e. The van der Waals surface area contributed by atoms with Gasteiger partial charge in [0, 0.05) is 5.75 Å². The number of carboxylic acid groups (broad SMARTS) is 1. The number of carboxylic acids is 1. The molecule has 6 nitrogen and oxygen atoms in total. The first-order chi connectivity index (χ1) is 9.47. The molecule has 2 rings (SSSR count). The van der Waals surface area contributed by atoms with Crippen LogP contribution in [0.4, 0.5) is 0 Å². The largest absolute Gasteiger partial charge is 0.478 e. The maximum atomic E-state index is 11.3. The van der Waals surface area contributed by atoms with Crippen molar-refractivity contribution in [3.8, 4) is 0 Å². The summed E-state index contributed by atoms with van der Waals surface area (Å²) in [6.07, 6.45) is 3.00. The molecule has 0 atom stereocenters. The second kappa shape index (κ2) is 6.15. The van der Waals surface area contributed by atoms with Gasteiger partial charge in [-0.2, -0.15) is 0 Å². The zero-order valence-electron chi connectivity index (χ0n) is 10.8. The smallest absolute Gasteiger partial charge is 0.340 e. The third-order valence-corrected chi connectivity index (χ3v) is 3.62. The van der Waals surface area contributed by atoms with E-state index < -0.39 is 5.97 Å². The molecule has 0 unspecified atom stereocenters. The fourth-order valence-electron chi connectivity index (χ4n) is 1.59. The summed E-state index contributed by atoms with van der Waals surface area (Å²) in [4.78, 5) is 27.6. The highest BCUT2D eigenvalue weighted by molar-refractivity contribution is 7.98. The molecular weight excluding hydrogens is 300 g/mol. The topological polar surface area (TPSA) is 88.9 Å². The lowest BCUT2D eigenvalue weighted by Crippen LogP contribution is -2.08. The minimum absolute atomic E-state index is 0.127. The van der Waals surface area contributed by atoms with Crippen molar-refractivity contribution >= 4 is 29.3 Å². The molecular formula is C12H11ClN4O2S. The monoisotopic (exact) mass is 310 g/mol. The molecule has 0 bridgehead atoms. The highest BCUT2D eigenvalue weighted by Gasteiger charge is 2.17. The van der Waals surface area contributed by atoms with Crippen molar-refractivity contribution in [3.63, 3.8) is 0 Å². The Morgan fingerprint density at radius 1 is 1.30 bits per heavy atom. The molecule has 2 aromatic heterocycles. The number of carbonyl (C=O) groups is 1. The van der Waals surface area contributed by atoms with Gasteiger partial charge in [0.05, 0.1) is 23.8 Å². The van der Waals surface area contributed by atoms with Crippen molar-refractivity contribution in [2.75, 3.05) is 0 Å². The SMILES string of the molecule is Cc1nc(C)c(C(=O)O)c(SCc2cnc(Cl)cn2)n1. The van der Waals surface area contributed by atoms with Crippen LogP contribution < -0.4 is 0 Å². The molecule has 0 radical (unpaired) electrons. The predicted octanol–water partition coefficient (Wildman–Crippen LogP) is 2.53. The van der Waals surface area contributed by atoms with Crippen LogP contribution in [0.25, 0.3) is 0 Å². The van der Waals surface area contributed by atoms with Crippen LogP contribution in [0.3, 0.4) is 0 Å². The fraction of sp³-hybridized carbons (Fsp3) is 0.250. The van der Waals surface area contributed by atoms with Crippen molar-refractivity contribution < 1.29 is 9.90 Å². The average Bonchev–Trinajstić information content (AvgIpc) is 2.36. The molecule has 0 aliphatic rings. The summed E-state index contributed by atoms with van der Waals surface area (Å²) >= 11 is 6.94. The second-order valence-electron chi connectivity index (χ2n) is 3.96. The Morgan fingerprint density at radius 3 is 2.65 bits per heavy atom. The first-order valence-electron chi connectivity index (χ1n) is 5.65. The van der Waals surface area contributed by atoms with Gasteiger partial charge in [-0.1, -0.05) is 23.4 Å². The van der Waals surface area contributed by atoms with E-state index in [0.717, 1.165) is 0 Å². The van der Waals surface area contributed by atoms with Crippen molar-refractivity contribution in [1.82, 2.24) is 19.9 Å². The molecule has 0 saturated heterocycles. The van der Waals surface area contributed by atoms with Crippen LogP contribution in [0.2, 0.25) is 5.15 Å². The van der Waals surface area contributed by atoms with Crippen LogP contribution in [-0.4, -0.2) is 31.0 Å². The molecule has 8 heteroatoms. The van der Waals surface area contributed by atoms with E-state index in [1.807, 2.05) is 0 Å². The zero-order valence-corrected chi connectivity index (χ0v) is 12.4. The first-order valence-corrected chi connectivity index (χ1v) is 7.01. The minimum atomic E-state index is -1.04. The molecule has 0 amide bonds. The zero-order chi connectivity index (χ0) is 14.7. The molecule has 20 heavy (non-hydrogen) atoms. The number of nitrogens with zero attached hydrogens (tertiary/aromatic N) is 4. The van der Waals surface area contributed by atoms with E-state index in [0.29, 0.717) is 33.1 Å². The number of aromatic carboxylic acids is 1. The Balaban J connectivity index is 2.24. The van der Waals surface area contributed by atoms with Gasteiger partial charge in [-0.15, -0.1) is 0 Å². The molecule has 0 aliphatic heterocycles. The van der Waals surface area contributed by atoms with Gasteiger partial charge < -0.3 is 5.11 Å². The van der Waals surface area contributed by atoms with E-state index in [-0.39, 0.29) is 5.56 Å². The van der Waals surface area contributed by atoms with Crippen LogP contribution in [0.5, 0.6) is 0 Å². The third kappa shape index (κ3) is 3.43. The Kier molecular flexibility index (Phi) is 4.51. The summed E-state index contributed by atoms with van der Waals surface area (Å²) in [7, 11) is 0. The summed E-state index contributed by atoms with van der Waals surface area (Å²) in [5.41, 5.74) is 1.28. The van der Waals surface area contributed by atoms with Crippen LogP contribution in [0.1, 0.15) is 27.6 Å². The van der Waals surface area contributed by atoms with Crippen molar-refractivity contribution in [2.24, 2.45) is 0 Å². The summed E-state index contributed by atoms with van der Waals surface area (Å²) in [6, 6.07) is 0. The summed E-state index contributed by atoms with van der Waals surface area (Å²) in [5.74, 6) is -0.0373. The number of halogens is 1. The number of hydrogen-bond acceptors (Lipinski definition) is 6. The van der Waals surface area contributed by atoms with Crippen LogP contribution >= 0.6 is 23.4 Å². The van der Waals surface area contributed by atoms with Crippen molar-refractivity contribution in [3.05, 3.63) is 40.3 Å². The van der Waals surface area contributed by atoms with Crippen LogP contribution in [-0.2, 0) is 5.75 Å². The lowest BCUT2D eigenvalue weighted by atomic mass is 10.2. The Bertz CT molecular complexity index is 649. The van der Waals surface area contributed by atoms with E-state index in [2.05, 4.69) is 19.9 Å². The van der Waals surface area contributed by atoms with E-state index >= 15 is 0 Å². The summed E-state index contributed by atoms with van der Waals surface area (Å²) < 4.78 is 0. The predicted molar refractivity (Wildman–Crippen MR) is 75.1 cm³/mol. The highest BCUT2D eigenvalue weighted by Crippen LogP contribution is 2.25. The average molecular weight is 311 g/mol. The van der Waals surface area contributed by atoms with Gasteiger partial charge in [0.15, 0.2) is 0 Å². The van der Waals surface area contributed by atoms with Gasteiger partial charge in [0.1, 0.15) is 21.6 Å². The van der Waals surface area contributed by atoms with Gasteiger partial charge in [0.25, 0.3) is 0 Å². The quantitative estimate of drug-likeness (QED) is 0.685. The molecule has 104 valence electrons. The maximum absolute atomic E-state index is 11.3. The lowest BCUT2D eigenvalue weighted by molar-refractivity contribution is 0.0690. The minimum Gasteiger partial charge on any atom is -0.478 e. The molecule has 2 heterocycles. The molecule has 2 aromatic rings. The van der Waals surface area contributed by atoms with Crippen LogP contribution in [0.15, 0.2) is 17.4 Å². The molecule has 0 fully saturated rings. The number of thioether (sulfide) groups is 1. The Labute approximate surface area is 124 Å². The highest BCUT2D eigenvalue weighted by atomic mass is 35.5. The Hall–Kier alpha value is -1.73. The molecule has 1 N–H and O–H groups in total. The van der Waals surface area contributed by atoms with Crippen LogP contribution in [0, 0.1) is 13.8 Å². The Morgan fingerprint density at radius 2 is 2.05 bits per heavy atom. The normalized spacial score (nSPS) is 10.6. The number of hydrogen-bond donors (Lipinski definition) is 1. The molecule has 0 saturated carbocycles. The van der Waals surface area contributed by atoms with E-state index in [9.17, 15) is 9.90 Å². The summed E-state index contributed by atoms with van der Waals surface area (Å²) in [6.45, 7) is 3.38. The van der Waals surface area contributed by atoms with Gasteiger partial charge in [-0.3, -0.25) is 4.98 Å². The fourth-order valence-corrected chi connectivity index (χ4v) is 2.70. The van der Waals surface area contributed by atoms with E-state index in [1.165, 1.54) is 18.0 Å². The number of aromatic nitrogens is 4. The molecule has 0 aromatic carbocycles. The number of aryl methyl sites for hydroxylation is 2.